The Morgan fingerprint density at radius 1 is 1.30 bits per heavy atom. The van der Waals surface area contributed by atoms with E-state index in [0.29, 0.717) is 16.7 Å². The minimum absolute atomic E-state index is 0.0717. The Bertz CT molecular complexity index is 780. The Kier molecular flexibility index (Phi) is 6.28. The predicted octanol–water partition coefficient (Wildman–Crippen LogP) is 4.80. The number of alkyl halides is 3. The lowest BCUT2D eigenvalue weighted by atomic mass is 9.94. The summed E-state index contributed by atoms with van der Waals surface area (Å²) in [7, 11) is 0. The Morgan fingerprint density at radius 2 is 1.96 bits per heavy atom. The van der Waals surface area contributed by atoms with Crippen LogP contribution in [0.3, 0.4) is 0 Å². The number of carbonyl (C=O) groups is 1. The highest BCUT2D eigenvalue weighted by Gasteiger charge is 2.57. The molecule has 0 N–H and O–H groups in total. The molecule has 2 atom stereocenters. The van der Waals surface area contributed by atoms with Gasteiger partial charge in [0.2, 0.25) is 6.41 Å². The van der Waals surface area contributed by atoms with Crippen molar-refractivity contribution in [3.63, 3.8) is 0 Å². The summed E-state index contributed by atoms with van der Waals surface area (Å²) in [6.07, 6.45) is -4.02. The molecule has 0 aliphatic carbocycles. The van der Waals surface area contributed by atoms with E-state index in [4.69, 9.17) is 0 Å². The Labute approximate surface area is 157 Å². The average Bonchev–Trinajstić information content (AvgIpc) is 2.92. The molecule has 0 bridgehead atoms. The molecule has 1 aliphatic heterocycles. The minimum atomic E-state index is -4.89. The molecule has 27 heavy (non-hydrogen) atoms. The van der Waals surface area contributed by atoms with Crippen LogP contribution in [0, 0.1) is 17.6 Å². The van der Waals surface area contributed by atoms with Gasteiger partial charge in [-0.15, -0.1) is 22.0 Å². The zero-order valence-electron chi connectivity index (χ0n) is 14.8. The van der Waals surface area contributed by atoms with Gasteiger partial charge in [0.25, 0.3) is 0 Å². The second kappa shape index (κ2) is 7.95. The van der Waals surface area contributed by atoms with Crippen LogP contribution >= 0.6 is 11.8 Å². The van der Waals surface area contributed by atoms with Gasteiger partial charge in [0, 0.05) is 11.8 Å². The molecule has 10 heteroatoms. The largest absolute Gasteiger partial charge is 0.434 e. The number of halogens is 5. The average molecular weight is 407 g/mol. The number of benzene rings is 1. The molecule has 1 heterocycles. The van der Waals surface area contributed by atoms with E-state index in [1.807, 2.05) is 13.8 Å². The van der Waals surface area contributed by atoms with Crippen LogP contribution in [0.25, 0.3) is 0 Å². The minimum Gasteiger partial charge on any atom is -0.294 e. The first kappa shape index (κ1) is 21.3. The first-order valence-electron chi connectivity index (χ1n) is 8.12. The maximum Gasteiger partial charge on any atom is 0.434 e. The Morgan fingerprint density at radius 3 is 2.48 bits per heavy atom. The lowest BCUT2D eigenvalue weighted by Gasteiger charge is -2.37. The van der Waals surface area contributed by atoms with Crippen molar-refractivity contribution in [3.05, 3.63) is 29.8 Å². The third-order valence-corrected chi connectivity index (χ3v) is 5.83. The van der Waals surface area contributed by atoms with E-state index >= 15 is 0 Å². The van der Waals surface area contributed by atoms with Crippen LogP contribution < -0.4 is 4.90 Å². The number of carbonyl (C=O) groups excluding carboxylic acids is 1. The monoisotopic (exact) mass is 407 g/mol. The molecule has 2 unspecified atom stereocenters. The second-order valence-electron chi connectivity index (χ2n) is 6.32. The van der Waals surface area contributed by atoms with E-state index in [-0.39, 0.29) is 17.4 Å². The number of thioether (sulfide) groups is 1. The maximum absolute atomic E-state index is 14.2. The lowest BCUT2D eigenvalue weighted by molar-refractivity contribution is -0.108. The van der Waals surface area contributed by atoms with Crippen molar-refractivity contribution in [2.75, 3.05) is 10.7 Å². The molecule has 0 saturated carbocycles. The molecule has 0 aromatic heterocycles. The standard InChI is InChI=1S/C17H18F5N3OS/c1-4-10(2)8-27-15-16(3,14(23-24-15)17(20,21)22)25(9-26)13-6-5-11(18)7-12(13)19/h5-7,9-10H,4,8H2,1-3H3. The summed E-state index contributed by atoms with van der Waals surface area (Å²) < 4.78 is 68.1. The normalized spacial score (nSPS) is 20.9. The van der Waals surface area contributed by atoms with Crippen LogP contribution in [0.5, 0.6) is 0 Å². The van der Waals surface area contributed by atoms with Gasteiger partial charge in [0.15, 0.2) is 5.71 Å². The fourth-order valence-corrected chi connectivity index (χ4v) is 3.78. The molecule has 1 aromatic carbocycles. The number of rotatable bonds is 6. The van der Waals surface area contributed by atoms with Crippen molar-refractivity contribution < 1.29 is 26.7 Å². The number of hydrogen-bond donors (Lipinski definition) is 0. The molecular formula is C17H18F5N3OS. The van der Waals surface area contributed by atoms with Gasteiger partial charge in [0.1, 0.15) is 22.2 Å². The highest BCUT2D eigenvalue weighted by molar-refractivity contribution is 8.14. The molecular weight excluding hydrogens is 389 g/mol. The molecule has 148 valence electrons. The predicted molar refractivity (Wildman–Crippen MR) is 96.1 cm³/mol. The summed E-state index contributed by atoms with van der Waals surface area (Å²) in [5.74, 6) is -1.44. The number of nitrogens with zero attached hydrogens (tertiary/aromatic N) is 3. The maximum atomic E-state index is 14.2. The van der Waals surface area contributed by atoms with E-state index in [9.17, 15) is 26.7 Å². The van der Waals surface area contributed by atoms with E-state index in [0.717, 1.165) is 37.2 Å². The molecule has 1 amide bonds. The molecule has 2 rings (SSSR count). The van der Waals surface area contributed by atoms with Gasteiger partial charge < -0.3 is 0 Å². The molecule has 4 nitrogen and oxygen atoms in total. The molecule has 0 radical (unpaired) electrons. The summed E-state index contributed by atoms with van der Waals surface area (Å²) in [6, 6.07) is 2.27. The van der Waals surface area contributed by atoms with Gasteiger partial charge in [-0.1, -0.05) is 20.3 Å². The summed E-state index contributed by atoms with van der Waals surface area (Å²) in [5.41, 5.74) is -3.99. The van der Waals surface area contributed by atoms with Crippen molar-refractivity contribution in [1.82, 2.24) is 0 Å². The van der Waals surface area contributed by atoms with Crippen LogP contribution in [-0.2, 0) is 4.79 Å². The molecule has 0 fully saturated rings. The van der Waals surface area contributed by atoms with Crippen molar-refractivity contribution in [3.8, 4) is 0 Å². The van der Waals surface area contributed by atoms with E-state index in [1.54, 1.807) is 0 Å². The Hall–Kier alpha value is -1.97. The SMILES string of the molecule is CCC(C)CSC1=NN=C(C(F)(F)F)C1(C)N(C=O)c1ccc(F)cc1F. The fourth-order valence-electron chi connectivity index (χ4n) is 2.53. The second-order valence-corrected chi connectivity index (χ2v) is 7.33. The third kappa shape index (κ3) is 4.15. The van der Waals surface area contributed by atoms with Crippen LogP contribution in [-0.4, -0.2) is 34.6 Å². The number of anilines is 1. The van der Waals surface area contributed by atoms with E-state index in [1.165, 1.54) is 0 Å². The van der Waals surface area contributed by atoms with Crippen LogP contribution in [0.1, 0.15) is 27.2 Å². The van der Waals surface area contributed by atoms with Gasteiger partial charge in [-0.2, -0.15) is 13.2 Å². The van der Waals surface area contributed by atoms with Crippen LogP contribution in [0.4, 0.5) is 27.6 Å². The van der Waals surface area contributed by atoms with E-state index in [2.05, 4.69) is 10.2 Å². The van der Waals surface area contributed by atoms with Crippen LogP contribution in [0.2, 0.25) is 0 Å². The summed E-state index contributed by atoms with van der Waals surface area (Å²) in [4.78, 5) is 12.3. The molecule has 1 aliphatic rings. The summed E-state index contributed by atoms with van der Waals surface area (Å²) in [5, 5.41) is 6.81. The topological polar surface area (TPSA) is 45.0 Å². The highest BCUT2D eigenvalue weighted by atomic mass is 32.2. The molecule has 1 aromatic rings. The summed E-state index contributed by atoms with van der Waals surface area (Å²) in [6.45, 7) is 4.96. The van der Waals surface area contributed by atoms with Gasteiger partial charge >= 0.3 is 6.18 Å². The number of hydrogen-bond acceptors (Lipinski definition) is 4. The number of amides is 1. The lowest BCUT2D eigenvalue weighted by Crippen LogP contribution is -2.59. The quantitative estimate of drug-likeness (QED) is 0.503. The Balaban J connectivity index is 2.52. The zero-order chi connectivity index (χ0) is 20.4. The molecule has 0 spiro atoms. The molecule has 0 saturated heterocycles. The summed E-state index contributed by atoms with van der Waals surface area (Å²) >= 11 is 1.03. The smallest absolute Gasteiger partial charge is 0.294 e. The van der Waals surface area contributed by atoms with Crippen molar-refractivity contribution >= 4 is 34.6 Å². The van der Waals surface area contributed by atoms with Crippen molar-refractivity contribution in [1.29, 1.82) is 0 Å². The highest BCUT2D eigenvalue weighted by Crippen LogP contribution is 2.40. The van der Waals surface area contributed by atoms with Crippen molar-refractivity contribution in [2.24, 2.45) is 16.1 Å². The van der Waals surface area contributed by atoms with Gasteiger partial charge in [-0.3, -0.25) is 9.69 Å². The van der Waals surface area contributed by atoms with Gasteiger partial charge in [-0.25, -0.2) is 8.78 Å². The van der Waals surface area contributed by atoms with Gasteiger partial charge in [0.05, 0.1) is 5.69 Å². The first-order valence-corrected chi connectivity index (χ1v) is 9.10. The van der Waals surface area contributed by atoms with Gasteiger partial charge in [-0.05, 0) is 25.0 Å². The van der Waals surface area contributed by atoms with Crippen molar-refractivity contribution in [2.45, 2.75) is 38.9 Å². The van der Waals surface area contributed by atoms with Crippen LogP contribution in [0.15, 0.2) is 28.4 Å². The van der Waals surface area contributed by atoms with E-state index < -0.39 is 34.7 Å². The zero-order valence-corrected chi connectivity index (χ0v) is 15.7. The first-order chi connectivity index (χ1) is 12.6. The third-order valence-electron chi connectivity index (χ3n) is 4.34. The fraction of sp³-hybridized carbons (Fsp3) is 0.471.